The lowest BCUT2D eigenvalue weighted by molar-refractivity contribution is 0.0910. The second-order valence-corrected chi connectivity index (χ2v) is 9.28. The highest BCUT2D eigenvalue weighted by atomic mass is 32.2. The summed E-state index contributed by atoms with van der Waals surface area (Å²) in [7, 11) is -2.40. The zero-order chi connectivity index (χ0) is 21.0. The van der Waals surface area contributed by atoms with Gasteiger partial charge in [0.25, 0.3) is 15.9 Å². The highest BCUT2D eigenvalue weighted by Gasteiger charge is 2.25. The van der Waals surface area contributed by atoms with Crippen LogP contribution in [-0.2, 0) is 10.0 Å². The molecule has 1 amide bonds. The molecule has 3 rings (SSSR count). The van der Waals surface area contributed by atoms with E-state index < -0.39 is 10.0 Å². The van der Waals surface area contributed by atoms with Gasteiger partial charge in [-0.15, -0.1) is 0 Å². The molecule has 0 saturated heterocycles. The first-order chi connectivity index (χ1) is 13.8. The zero-order valence-electron chi connectivity index (χ0n) is 17.1. The van der Waals surface area contributed by atoms with Crippen LogP contribution in [0.25, 0.3) is 0 Å². The number of methoxy groups -OCH3 is 1. The van der Waals surface area contributed by atoms with Gasteiger partial charge >= 0.3 is 0 Å². The molecule has 7 heteroatoms. The molecule has 2 N–H and O–H groups in total. The molecule has 156 valence electrons. The van der Waals surface area contributed by atoms with Crippen LogP contribution >= 0.6 is 0 Å². The van der Waals surface area contributed by atoms with E-state index in [1.807, 2.05) is 0 Å². The molecule has 1 saturated carbocycles. The minimum absolute atomic E-state index is 0.0766. The molecule has 2 aromatic rings. The molecule has 0 radical (unpaired) electrons. The molecule has 0 unspecified atom stereocenters. The minimum atomic E-state index is -3.89. The van der Waals surface area contributed by atoms with Crippen molar-refractivity contribution in [3.8, 4) is 5.75 Å². The fourth-order valence-corrected chi connectivity index (χ4v) is 5.08. The summed E-state index contributed by atoms with van der Waals surface area (Å²) < 4.78 is 33.8. The molecule has 0 heterocycles. The number of amides is 1. The predicted molar refractivity (Wildman–Crippen MR) is 114 cm³/mol. The van der Waals surface area contributed by atoms with Crippen LogP contribution in [-0.4, -0.2) is 27.5 Å². The van der Waals surface area contributed by atoms with Gasteiger partial charge in [0, 0.05) is 11.6 Å². The highest BCUT2D eigenvalue weighted by molar-refractivity contribution is 7.92. The molecule has 0 spiro atoms. The van der Waals surface area contributed by atoms with E-state index in [9.17, 15) is 13.2 Å². The first kappa shape index (κ1) is 21.2. The third kappa shape index (κ3) is 4.90. The standard InChI is InChI=1S/C22H28N2O4S/c1-15-8-4-5-9-18(15)23-22(25)17-13-12-16(2)21(14-17)29(26,27)24-19-10-6-7-11-20(19)28-3/h6-7,10-15,18,24H,4-5,8-9H2,1-3H3,(H,23,25)/t15-,18+/m1/s1. The quantitative estimate of drug-likeness (QED) is 0.742. The number of carbonyl (C=O) groups is 1. The summed E-state index contributed by atoms with van der Waals surface area (Å²) in [6.07, 6.45) is 4.35. The number of para-hydroxylation sites is 2. The number of nitrogens with one attached hydrogen (secondary N) is 2. The number of ether oxygens (including phenoxy) is 1. The van der Waals surface area contributed by atoms with Gasteiger partial charge in [-0.1, -0.05) is 38.0 Å². The van der Waals surface area contributed by atoms with E-state index in [1.165, 1.54) is 19.6 Å². The summed E-state index contributed by atoms with van der Waals surface area (Å²) in [5.41, 5.74) is 1.25. The van der Waals surface area contributed by atoms with Gasteiger partial charge < -0.3 is 10.1 Å². The molecular formula is C22H28N2O4S. The molecular weight excluding hydrogens is 388 g/mol. The van der Waals surface area contributed by atoms with Crippen LogP contribution in [0.3, 0.4) is 0 Å². The summed E-state index contributed by atoms with van der Waals surface area (Å²) in [5.74, 6) is 0.611. The molecule has 2 aromatic carbocycles. The van der Waals surface area contributed by atoms with Crippen molar-refractivity contribution in [3.05, 3.63) is 53.6 Å². The van der Waals surface area contributed by atoms with Crippen molar-refractivity contribution in [1.82, 2.24) is 5.32 Å². The van der Waals surface area contributed by atoms with Gasteiger partial charge in [0.2, 0.25) is 0 Å². The van der Waals surface area contributed by atoms with Crippen molar-refractivity contribution >= 4 is 21.6 Å². The van der Waals surface area contributed by atoms with Gasteiger partial charge in [0.1, 0.15) is 5.75 Å². The van der Waals surface area contributed by atoms with Crippen molar-refractivity contribution in [2.75, 3.05) is 11.8 Å². The van der Waals surface area contributed by atoms with Gasteiger partial charge in [0.15, 0.2) is 0 Å². The first-order valence-electron chi connectivity index (χ1n) is 9.89. The van der Waals surface area contributed by atoms with Crippen molar-refractivity contribution in [2.45, 2.75) is 50.5 Å². The lowest BCUT2D eigenvalue weighted by Gasteiger charge is -2.29. The lowest BCUT2D eigenvalue weighted by atomic mass is 9.86. The number of aryl methyl sites for hydroxylation is 1. The van der Waals surface area contributed by atoms with Crippen LogP contribution in [0.2, 0.25) is 0 Å². The number of sulfonamides is 1. The number of benzene rings is 2. The van der Waals surface area contributed by atoms with Crippen LogP contribution in [0.15, 0.2) is 47.4 Å². The molecule has 1 aliphatic rings. The van der Waals surface area contributed by atoms with E-state index in [0.29, 0.717) is 28.5 Å². The summed E-state index contributed by atoms with van der Waals surface area (Å²) >= 11 is 0. The number of hydrogen-bond donors (Lipinski definition) is 2. The first-order valence-corrected chi connectivity index (χ1v) is 11.4. The SMILES string of the molecule is COc1ccccc1NS(=O)(=O)c1cc(C(=O)N[C@H]2CCCC[C@H]2C)ccc1C. The van der Waals surface area contributed by atoms with E-state index in [1.54, 1.807) is 43.3 Å². The Labute approximate surface area is 172 Å². The zero-order valence-corrected chi connectivity index (χ0v) is 17.9. The number of rotatable bonds is 6. The Morgan fingerprint density at radius 1 is 1.10 bits per heavy atom. The molecule has 29 heavy (non-hydrogen) atoms. The minimum Gasteiger partial charge on any atom is -0.495 e. The van der Waals surface area contributed by atoms with E-state index in [0.717, 1.165) is 19.3 Å². The van der Waals surface area contributed by atoms with Gasteiger partial charge in [-0.2, -0.15) is 0 Å². The predicted octanol–water partition coefficient (Wildman–Crippen LogP) is 4.11. The Morgan fingerprint density at radius 2 is 1.83 bits per heavy atom. The Bertz CT molecular complexity index is 988. The van der Waals surface area contributed by atoms with Crippen molar-refractivity contribution in [1.29, 1.82) is 0 Å². The fourth-order valence-electron chi connectivity index (χ4n) is 3.74. The number of anilines is 1. The molecule has 0 aromatic heterocycles. The normalized spacial score (nSPS) is 19.4. The second-order valence-electron chi connectivity index (χ2n) is 7.63. The van der Waals surface area contributed by atoms with Crippen LogP contribution in [0, 0.1) is 12.8 Å². The van der Waals surface area contributed by atoms with Gasteiger partial charge in [0.05, 0.1) is 17.7 Å². The average molecular weight is 417 g/mol. The average Bonchev–Trinajstić information content (AvgIpc) is 2.70. The molecule has 1 fully saturated rings. The Morgan fingerprint density at radius 3 is 2.55 bits per heavy atom. The topological polar surface area (TPSA) is 84.5 Å². The summed E-state index contributed by atoms with van der Waals surface area (Å²) in [5, 5.41) is 3.08. The molecule has 0 aliphatic heterocycles. The second kappa shape index (κ2) is 8.86. The molecule has 2 atom stereocenters. The van der Waals surface area contributed by atoms with Crippen molar-refractivity contribution < 1.29 is 17.9 Å². The van der Waals surface area contributed by atoms with E-state index in [2.05, 4.69) is 17.0 Å². The Balaban J connectivity index is 1.85. The van der Waals surface area contributed by atoms with Crippen LogP contribution in [0.4, 0.5) is 5.69 Å². The maximum absolute atomic E-state index is 13.0. The highest BCUT2D eigenvalue weighted by Crippen LogP contribution is 2.28. The summed E-state index contributed by atoms with van der Waals surface area (Å²) in [4.78, 5) is 12.8. The van der Waals surface area contributed by atoms with Gasteiger partial charge in [-0.3, -0.25) is 9.52 Å². The Hall–Kier alpha value is -2.54. The van der Waals surface area contributed by atoms with Gasteiger partial charge in [-0.05, 0) is 55.5 Å². The summed E-state index contributed by atoms with van der Waals surface area (Å²) in [6, 6.07) is 11.7. The van der Waals surface area contributed by atoms with Crippen LogP contribution in [0.1, 0.15) is 48.5 Å². The van der Waals surface area contributed by atoms with Crippen molar-refractivity contribution in [3.63, 3.8) is 0 Å². The van der Waals surface area contributed by atoms with E-state index in [4.69, 9.17) is 4.74 Å². The van der Waals surface area contributed by atoms with Crippen LogP contribution in [0.5, 0.6) is 5.75 Å². The van der Waals surface area contributed by atoms with Gasteiger partial charge in [-0.25, -0.2) is 8.42 Å². The summed E-state index contributed by atoms with van der Waals surface area (Å²) in [6.45, 7) is 3.86. The maximum Gasteiger partial charge on any atom is 0.262 e. The number of hydrogen-bond acceptors (Lipinski definition) is 4. The lowest BCUT2D eigenvalue weighted by Crippen LogP contribution is -2.41. The monoisotopic (exact) mass is 416 g/mol. The molecule has 0 bridgehead atoms. The smallest absolute Gasteiger partial charge is 0.262 e. The maximum atomic E-state index is 13.0. The number of carbonyl (C=O) groups excluding carboxylic acids is 1. The van der Waals surface area contributed by atoms with Crippen LogP contribution < -0.4 is 14.8 Å². The largest absolute Gasteiger partial charge is 0.495 e. The van der Waals surface area contributed by atoms with E-state index in [-0.39, 0.29) is 16.8 Å². The fraction of sp³-hybridized carbons (Fsp3) is 0.409. The molecule has 6 nitrogen and oxygen atoms in total. The third-order valence-corrected chi connectivity index (χ3v) is 7.03. The van der Waals surface area contributed by atoms with Crippen molar-refractivity contribution in [2.24, 2.45) is 5.92 Å². The molecule has 1 aliphatic carbocycles. The third-order valence-electron chi connectivity index (χ3n) is 5.52. The van der Waals surface area contributed by atoms with E-state index >= 15 is 0 Å². The Kier molecular flexibility index (Phi) is 6.47.